The maximum atomic E-state index is 5.73. The van der Waals surface area contributed by atoms with Gasteiger partial charge < -0.3 is 16.0 Å². The van der Waals surface area contributed by atoms with E-state index in [9.17, 15) is 0 Å². The first-order valence-electron chi connectivity index (χ1n) is 5.69. The first-order valence-corrected chi connectivity index (χ1v) is 5.69. The van der Waals surface area contributed by atoms with E-state index in [-0.39, 0.29) is 0 Å². The van der Waals surface area contributed by atoms with E-state index >= 15 is 0 Å². The predicted molar refractivity (Wildman–Crippen MR) is 72.1 cm³/mol. The summed E-state index contributed by atoms with van der Waals surface area (Å²) in [5.41, 5.74) is 9.37. The maximum Gasteiger partial charge on any atom is 0.126 e. The molecule has 4 N–H and O–H groups in total. The molecule has 0 fully saturated rings. The molecule has 0 aliphatic carbocycles. The molecule has 2 aromatic heterocycles. The fraction of sp³-hybridized carbons (Fsp3) is 0.0769. The summed E-state index contributed by atoms with van der Waals surface area (Å²) >= 11 is 0. The van der Waals surface area contributed by atoms with Crippen molar-refractivity contribution in [2.24, 2.45) is 0 Å². The van der Waals surface area contributed by atoms with Crippen LogP contribution >= 0.6 is 0 Å². The normalized spacial score (nSPS) is 10.7. The van der Waals surface area contributed by atoms with Crippen LogP contribution in [0.4, 0.5) is 11.4 Å². The van der Waals surface area contributed by atoms with Crippen molar-refractivity contribution >= 4 is 22.4 Å². The van der Waals surface area contributed by atoms with Gasteiger partial charge in [0.15, 0.2) is 0 Å². The van der Waals surface area contributed by atoms with Gasteiger partial charge in [-0.2, -0.15) is 0 Å². The number of nitrogens with zero attached hydrogens (tertiary/aromatic N) is 2. The molecule has 5 nitrogen and oxygen atoms in total. The Labute approximate surface area is 104 Å². The average Bonchev–Trinajstić information content (AvgIpc) is 2.79. The zero-order valence-corrected chi connectivity index (χ0v) is 9.72. The summed E-state index contributed by atoms with van der Waals surface area (Å²) in [6.45, 7) is 0.637. The topological polar surface area (TPSA) is 79.6 Å². The minimum Gasteiger partial charge on any atom is -0.399 e. The molecule has 0 bridgehead atoms. The largest absolute Gasteiger partial charge is 0.399 e. The maximum absolute atomic E-state index is 5.73. The van der Waals surface area contributed by atoms with E-state index in [1.807, 2.05) is 30.3 Å². The second-order valence-corrected chi connectivity index (χ2v) is 4.05. The third-order valence-corrected chi connectivity index (χ3v) is 2.70. The summed E-state index contributed by atoms with van der Waals surface area (Å²) in [6.07, 6.45) is 3.50. The Morgan fingerprint density at radius 1 is 1.17 bits per heavy atom. The van der Waals surface area contributed by atoms with Crippen molar-refractivity contribution in [3.63, 3.8) is 0 Å². The Morgan fingerprint density at radius 3 is 2.83 bits per heavy atom. The molecular weight excluding hydrogens is 226 g/mol. The number of nitrogens with two attached hydrogens (primary N) is 1. The molecule has 0 atom stereocenters. The van der Waals surface area contributed by atoms with Crippen molar-refractivity contribution in [2.45, 2.75) is 6.54 Å². The van der Waals surface area contributed by atoms with Crippen molar-refractivity contribution in [3.05, 3.63) is 48.5 Å². The molecule has 0 saturated carbocycles. The molecule has 0 saturated heterocycles. The van der Waals surface area contributed by atoms with Crippen molar-refractivity contribution in [1.29, 1.82) is 0 Å². The Morgan fingerprint density at radius 2 is 2.00 bits per heavy atom. The fourth-order valence-corrected chi connectivity index (χ4v) is 1.82. The van der Waals surface area contributed by atoms with Crippen LogP contribution in [0.25, 0.3) is 11.0 Å². The zero-order chi connectivity index (χ0) is 12.4. The lowest BCUT2D eigenvalue weighted by molar-refractivity contribution is 1.01. The van der Waals surface area contributed by atoms with Gasteiger partial charge in [-0.15, -0.1) is 0 Å². The lowest BCUT2D eigenvalue weighted by atomic mass is 10.3. The molecule has 0 unspecified atom stereocenters. The summed E-state index contributed by atoms with van der Waals surface area (Å²) < 4.78 is 0. The number of rotatable bonds is 3. The van der Waals surface area contributed by atoms with E-state index < -0.39 is 0 Å². The van der Waals surface area contributed by atoms with Gasteiger partial charge in [0.25, 0.3) is 0 Å². The summed E-state index contributed by atoms with van der Waals surface area (Å²) in [4.78, 5) is 11.7. The fourth-order valence-electron chi connectivity index (χ4n) is 1.82. The molecule has 1 aromatic carbocycles. The van der Waals surface area contributed by atoms with Gasteiger partial charge in [0, 0.05) is 23.8 Å². The van der Waals surface area contributed by atoms with Gasteiger partial charge in [-0.3, -0.25) is 4.98 Å². The first kappa shape index (κ1) is 10.6. The minimum atomic E-state index is 0.637. The summed E-state index contributed by atoms with van der Waals surface area (Å²) in [6, 6.07) is 9.49. The van der Waals surface area contributed by atoms with E-state index in [4.69, 9.17) is 5.73 Å². The van der Waals surface area contributed by atoms with E-state index in [0.717, 1.165) is 28.2 Å². The van der Waals surface area contributed by atoms with Crippen LogP contribution in [0.3, 0.4) is 0 Å². The van der Waals surface area contributed by atoms with Gasteiger partial charge in [0.2, 0.25) is 0 Å². The summed E-state index contributed by atoms with van der Waals surface area (Å²) in [5.74, 6) is 0.882. The third-order valence-electron chi connectivity index (χ3n) is 2.70. The number of benzene rings is 1. The summed E-state index contributed by atoms with van der Waals surface area (Å²) in [5, 5.41) is 3.27. The van der Waals surface area contributed by atoms with E-state index in [0.29, 0.717) is 6.54 Å². The smallest absolute Gasteiger partial charge is 0.126 e. The van der Waals surface area contributed by atoms with Crippen LogP contribution in [0.5, 0.6) is 0 Å². The Balaban J connectivity index is 1.79. The highest BCUT2D eigenvalue weighted by Crippen LogP contribution is 2.15. The monoisotopic (exact) mass is 239 g/mol. The SMILES string of the molecule is Nc1ccc2nc(CNc3ccncc3)[nH]c2c1. The molecular formula is C13H13N5. The highest BCUT2D eigenvalue weighted by molar-refractivity contribution is 5.78. The van der Waals surface area contributed by atoms with Crippen molar-refractivity contribution in [2.75, 3.05) is 11.1 Å². The van der Waals surface area contributed by atoms with E-state index in [1.54, 1.807) is 12.4 Å². The minimum absolute atomic E-state index is 0.637. The Hall–Kier alpha value is -2.56. The molecule has 0 spiro atoms. The number of imidazole rings is 1. The molecule has 0 aliphatic heterocycles. The second-order valence-electron chi connectivity index (χ2n) is 4.05. The van der Waals surface area contributed by atoms with Gasteiger partial charge in [0.05, 0.1) is 17.6 Å². The highest BCUT2D eigenvalue weighted by atomic mass is 15.0. The van der Waals surface area contributed by atoms with Crippen LogP contribution in [-0.2, 0) is 6.54 Å². The molecule has 0 amide bonds. The predicted octanol–water partition coefficient (Wildman–Crippen LogP) is 2.15. The number of aromatic amines is 1. The Kier molecular flexibility index (Phi) is 2.57. The zero-order valence-electron chi connectivity index (χ0n) is 9.72. The van der Waals surface area contributed by atoms with Crippen LogP contribution in [0.2, 0.25) is 0 Å². The van der Waals surface area contributed by atoms with Crippen LogP contribution in [-0.4, -0.2) is 15.0 Å². The molecule has 3 aromatic rings. The first-order chi connectivity index (χ1) is 8.81. The molecule has 0 radical (unpaired) electrons. The van der Waals surface area contributed by atoms with Crippen LogP contribution in [0.15, 0.2) is 42.7 Å². The number of hydrogen-bond donors (Lipinski definition) is 3. The molecule has 0 aliphatic rings. The van der Waals surface area contributed by atoms with Gasteiger partial charge in [-0.05, 0) is 30.3 Å². The van der Waals surface area contributed by atoms with Gasteiger partial charge in [0.1, 0.15) is 5.82 Å². The average molecular weight is 239 g/mol. The quantitative estimate of drug-likeness (QED) is 0.612. The number of nitrogen functional groups attached to an aromatic ring is 1. The number of hydrogen-bond acceptors (Lipinski definition) is 4. The van der Waals surface area contributed by atoms with Crippen LogP contribution < -0.4 is 11.1 Å². The van der Waals surface area contributed by atoms with E-state index in [1.165, 1.54) is 0 Å². The lowest BCUT2D eigenvalue weighted by Gasteiger charge is -2.02. The van der Waals surface area contributed by atoms with Crippen molar-refractivity contribution in [3.8, 4) is 0 Å². The molecule has 2 heterocycles. The van der Waals surface area contributed by atoms with Crippen LogP contribution in [0, 0.1) is 0 Å². The van der Waals surface area contributed by atoms with Gasteiger partial charge in [-0.25, -0.2) is 4.98 Å². The standard InChI is InChI=1S/C13H13N5/c14-9-1-2-11-12(7-9)18-13(17-11)8-16-10-3-5-15-6-4-10/h1-7H,8,14H2,(H,15,16)(H,17,18). The third kappa shape index (κ3) is 2.10. The second kappa shape index (κ2) is 4.37. The number of nitrogens with one attached hydrogen (secondary N) is 2. The molecule has 3 rings (SSSR count). The number of fused-ring (bicyclic) bond motifs is 1. The number of anilines is 2. The molecule has 90 valence electrons. The van der Waals surface area contributed by atoms with E-state index in [2.05, 4.69) is 20.3 Å². The number of aromatic nitrogens is 3. The molecule has 5 heteroatoms. The van der Waals surface area contributed by atoms with Crippen molar-refractivity contribution in [1.82, 2.24) is 15.0 Å². The summed E-state index contributed by atoms with van der Waals surface area (Å²) in [7, 11) is 0. The van der Waals surface area contributed by atoms with Gasteiger partial charge >= 0.3 is 0 Å². The number of pyridine rings is 1. The Bertz CT molecular complexity index is 659. The van der Waals surface area contributed by atoms with Crippen LogP contribution in [0.1, 0.15) is 5.82 Å². The lowest BCUT2D eigenvalue weighted by Crippen LogP contribution is -2.00. The molecule has 18 heavy (non-hydrogen) atoms. The highest BCUT2D eigenvalue weighted by Gasteiger charge is 2.02. The van der Waals surface area contributed by atoms with Gasteiger partial charge in [-0.1, -0.05) is 0 Å². The number of H-pyrrole nitrogens is 1. The van der Waals surface area contributed by atoms with Crippen molar-refractivity contribution < 1.29 is 0 Å².